The molecule has 26 heavy (non-hydrogen) atoms. The molecule has 140 valence electrons. The topological polar surface area (TPSA) is 98.7 Å². The van der Waals surface area contributed by atoms with E-state index in [-0.39, 0.29) is 41.4 Å². The van der Waals surface area contributed by atoms with Crippen molar-refractivity contribution in [1.82, 2.24) is 15.5 Å². The van der Waals surface area contributed by atoms with E-state index < -0.39 is 12.1 Å². The van der Waals surface area contributed by atoms with Crippen molar-refractivity contribution in [3.8, 4) is 0 Å². The molecule has 2 amide bonds. The van der Waals surface area contributed by atoms with Crippen molar-refractivity contribution in [2.24, 2.45) is 5.92 Å². The van der Waals surface area contributed by atoms with Gasteiger partial charge in [-0.05, 0) is 37.0 Å². The number of alkyl halides is 1. The highest BCUT2D eigenvalue weighted by Crippen LogP contribution is 2.19. The summed E-state index contributed by atoms with van der Waals surface area (Å²) in [7, 11) is 0. The molecule has 0 aliphatic carbocycles. The standard InChI is InChI=1S/C18H22FN3O4/c19-14-4-5-22(10-14)17(24)15-6-11(8-20-15)9-21-16(23)12-2-1-3-13(7-12)18(25)26/h1-3,7,11,14-15,20H,4-6,8-10H2,(H,21,23)(H,25,26)/t11-,14?,15+/m1/s1. The molecule has 0 aromatic heterocycles. The van der Waals surface area contributed by atoms with E-state index in [0.717, 1.165) is 0 Å². The summed E-state index contributed by atoms with van der Waals surface area (Å²) in [6.45, 7) is 1.61. The van der Waals surface area contributed by atoms with Crippen molar-refractivity contribution in [2.75, 3.05) is 26.2 Å². The van der Waals surface area contributed by atoms with Crippen molar-refractivity contribution in [2.45, 2.75) is 25.1 Å². The molecule has 3 N–H and O–H groups in total. The van der Waals surface area contributed by atoms with Gasteiger partial charge < -0.3 is 20.6 Å². The molecule has 1 unspecified atom stereocenters. The number of halogens is 1. The van der Waals surface area contributed by atoms with Gasteiger partial charge >= 0.3 is 5.97 Å². The number of benzene rings is 1. The quantitative estimate of drug-likeness (QED) is 0.714. The zero-order valence-corrected chi connectivity index (χ0v) is 14.3. The van der Waals surface area contributed by atoms with Gasteiger partial charge in [0.05, 0.1) is 18.2 Å². The van der Waals surface area contributed by atoms with Crippen molar-refractivity contribution in [3.05, 3.63) is 35.4 Å². The highest BCUT2D eigenvalue weighted by molar-refractivity contribution is 5.97. The van der Waals surface area contributed by atoms with E-state index >= 15 is 0 Å². The van der Waals surface area contributed by atoms with Crippen molar-refractivity contribution < 1.29 is 23.9 Å². The lowest BCUT2D eigenvalue weighted by Gasteiger charge is -2.20. The summed E-state index contributed by atoms with van der Waals surface area (Å²) in [6, 6.07) is 5.51. The summed E-state index contributed by atoms with van der Waals surface area (Å²) >= 11 is 0. The minimum atomic E-state index is -1.08. The molecule has 3 atom stereocenters. The van der Waals surface area contributed by atoms with Crippen molar-refractivity contribution in [1.29, 1.82) is 0 Å². The van der Waals surface area contributed by atoms with Gasteiger partial charge in [-0.2, -0.15) is 0 Å². The maximum absolute atomic E-state index is 13.2. The fraction of sp³-hybridized carbons (Fsp3) is 0.500. The highest BCUT2D eigenvalue weighted by atomic mass is 19.1. The molecule has 2 saturated heterocycles. The first-order valence-electron chi connectivity index (χ1n) is 8.72. The summed E-state index contributed by atoms with van der Waals surface area (Å²) in [5.41, 5.74) is 0.345. The number of amides is 2. The number of carboxylic acids is 1. The van der Waals surface area contributed by atoms with Gasteiger partial charge in [-0.3, -0.25) is 9.59 Å². The van der Waals surface area contributed by atoms with Gasteiger partial charge in [0.15, 0.2) is 0 Å². The summed E-state index contributed by atoms with van der Waals surface area (Å²) in [4.78, 5) is 37.1. The van der Waals surface area contributed by atoms with Gasteiger partial charge in [0.25, 0.3) is 5.91 Å². The van der Waals surface area contributed by atoms with Crippen LogP contribution in [0.4, 0.5) is 4.39 Å². The molecule has 2 aliphatic rings. The fourth-order valence-electron chi connectivity index (χ4n) is 3.42. The molecular weight excluding hydrogens is 341 g/mol. The lowest BCUT2D eigenvalue weighted by atomic mass is 10.0. The van der Waals surface area contributed by atoms with Crippen LogP contribution >= 0.6 is 0 Å². The molecule has 8 heteroatoms. The highest BCUT2D eigenvalue weighted by Gasteiger charge is 2.35. The predicted molar refractivity (Wildman–Crippen MR) is 91.7 cm³/mol. The minimum Gasteiger partial charge on any atom is -0.478 e. The second-order valence-corrected chi connectivity index (χ2v) is 6.83. The number of carbonyl (C=O) groups excluding carboxylic acids is 2. The monoisotopic (exact) mass is 363 g/mol. The predicted octanol–water partition coefficient (Wildman–Crippen LogP) is 0.663. The zero-order chi connectivity index (χ0) is 18.7. The molecule has 2 aliphatic heterocycles. The van der Waals surface area contributed by atoms with Crippen LogP contribution in [0.3, 0.4) is 0 Å². The number of rotatable bonds is 5. The maximum atomic E-state index is 13.2. The van der Waals surface area contributed by atoms with Gasteiger partial charge in [0.1, 0.15) is 6.17 Å². The summed E-state index contributed by atoms with van der Waals surface area (Å²) in [5, 5.41) is 14.9. The Balaban J connectivity index is 1.48. The molecule has 2 fully saturated rings. The average Bonchev–Trinajstić information content (AvgIpc) is 3.28. The SMILES string of the molecule is O=C(O)c1cccc(C(=O)NC[C@H]2CN[C@H](C(=O)N3CCC(F)C3)C2)c1. The van der Waals surface area contributed by atoms with E-state index in [1.807, 2.05) is 0 Å². The number of hydrogen-bond donors (Lipinski definition) is 3. The van der Waals surface area contributed by atoms with E-state index in [1.54, 1.807) is 11.0 Å². The fourth-order valence-corrected chi connectivity index (χ4v) is 3.42. The molecule has 1 aromatic carbocycles. The molecule has 0 bridgehead atoms. The largest absolute Gasteiger partial charge is 0.478 e. The summed E-state index contributed by atoms with van der Waals surface area (Å²) in [5.74, 6) is -1.41. The second kappa shape index (κ2) is 7.82. The van der Waals surface area contributed by atoms with Crippen molar-refractivity contribution in [3.63, 3.8) is 0 Å². The van der Waals surface area contributed by atoms with Crippen LogP contribution < -0.4 is 10.6 Å². The number of nitrogens with zero attached hydrogens (tertiary/aromatic N) is 1. The van der Waals surface area contributed by atoms with Gasteiger partial charge in [-0.1, -0.05) is 6.07 Å². The normalized spacial score (nSPS) is 25.3. The Morgan fingerprint density at radius 2 is 2.08 bits per heavy atom. The Morgan fingerprint density at radius 1 is 1.31 bits per heavy atom. The summed E-state index contributed by atoms with van der Waals surface area (Å²) in [6.07, 6.45) is 0.0479. The van der Waals surface area contributed by atoms with E-state index in [2.05, 4.69) is 10.6 Å². The Kier molecular flexibility index (Phi) is 5.51. The Labute approximate surface area is 150 Å². The third kappa shape index (κ3) is 4.19. The van der Waals surface area contributed by atoms with Gasteiger partial charge in [-0.15, -0.1) is 0 Å². The van der Waals surface area contributed by atoms with Crippen LogP contribution in [0.5, 0.6) is 0 Å². The van der Waals surface area contributed by atoms with Crippen LogP contribution in [0.1, 0.15) is 33.6 Å². The third-order valence-corrected chi connectivity index (χ3v) is 4.89. The average molecular weight is 363 g/mol. The van der Waals surface area contributed by atoms with Crippen LogP contribution in [0.15, 0.2) is 24.3 Å². The zero-order valence-electron chi connectivity index (χ0n) is 14.3. The number of likely N-dealkylation sites (tertiary alicyclic amines) is 1. The lowest BCUT2D eigenvalue weighted by molar-refractivity contribution is -0.132. The van der Waals surface area contributed by atoms with Crippen molar-refractivity contribution >= 4 is 17.8 Å². The Morgan fingerprint density at radius 3 is 2.77 bits per heavy atom. The first-order valence-corrected chi connectivity index (χ1v) is 8.72. The van der Waals surface area contributed by atoms with E-state index in [0.29, 0.717) is 32.5 Å². The number of nitrogens with one attached hydrogen (secondary N) is 2. The number of hydrogen-bond acceptors (Lipinski definition) is 4. The number of carbonyl (C=O) groups is 3. The molecule has 7 nitrogen and oxygen atoms in total. The van der Waals surface area contributed by atoms with E-state index in [4.69, 9.17) is 5.11 Å². The van der Waals surface area contributed by atoms with Gasteiger partial charge in [-0.25, -0.2) is 9.18 Å². The first kappa shape index (κ1) is 18.3. The summed E-state index contributed by atoms with van der Waals surface area (Å²) < 4.78 is 13.2. The van der Waals surface area contributed by atoms with Crippen LogP contribution in [-0.4, -0.2) is 66.2 Å². The molecule has 0 spiro atoms. The van der Waals surface area contributed by atoms with Gasteiger partial charge in [0.2, 0.25) is 5.91 Å². The maximum Gasteiger partial charge on any atom is 0.335 e. The van der Waals surface area contributed by atoms with E-state index in [9.17, 15) is 18.8 Å². The number of aromatic carboxylic acids is 1. The lowest BCUT2D eigenvalue weighted by Crippen LogP contribution is -2.42. The Hall–Kier alpha value is -2.48. The molecule has 3 rings (SSSR count). The smallest absolute Gasteiger partial charge is 0.335 e. The molecule has 0 saturated carbocycles. The van der Waals surface area contributed by atoms with Crippen LogP contribution in [0, 0.1) is 5.92 Å². The Bertz CT molecular complexity index is 711. The molecule has 0 radical (unpaired) electrons. The molecule has 2 heterocycles. The van der Waals surface area contributed by atoms with Crippen LogP contribution in [0.2, 0.25) is 0 Å². The van der Waals surface area contributed by atoms with E-state index in [1.165, 1.54) is 18.2 Å². The number of carboxylic acid groups (broad SMARTS) is 1. The second-order valence-electron chi connectivity index (χ2n) is 6.83. The minimum absolute atomic E-state index is 0.0580. The van der Waals surface area contributed by atoms with Gasteiger partial charge in [0, 0.05) is 25.2 Å². The van der Waals surface area contributed by atoms with Crippen LogP contribution in [-0.2, 0) is 4.79 Å². The molecular formula is C18H22FN3O4. The first-order chi connectivity index (χ1) is 12.4. The molecule has 1 aromatic rings. The third-order valence-electron chi connectivity index (χ3n) is 4.89. The van der Waals surface area contributed by atoms with Crippen LogP contribution in [0.25, 0.3) is 0 Å².